The highest BCUT2D eigenvalue weighted by Crippen LogP contribution is 2.38. The molecule has 7 heteroatoms. The van der Waals surface area contributed by atoms with Gasteiger partial charge >= 0.3 is 0 Å². The van der Waals surface area contributed by atoms with E-state index in [-0.39, 0.29) is 5.91 Å². The predicted molar refractivity (Wildman–Crippen MR) is 85.0 cm³/mol. The highest BCUT2D eigenvalue weighted by Gasteiger charge is 2.17. The smallest absolute Gasteiger partial charge is 0.258 e. The molecule has 108 valence electrons. The zero-order valence-corrected chi connectivity index (χ0v) is 13.9. The molecule has 2 heterocycles. The van der Waals surface area contributed by atoms with Gasteiger partial charge in [0.05, 0.1) is 11.3 Å². The summed E-state index contributed by atoms with van der Waals surface area (Å²) in [7, 11) is 0. The highest BCUT2D eigenvalue weighted by molar-refractivity contribution is 9.10. The lowest BCUT2D eigenvalue weighted by atomic mass is 10.2. The first kappa shape index (κ1) is 14.3. The number of anilines is 1. The maximum absolute atomic E-state index is 12.3. The average Bonchev–Trinajstić information content (AvgIpc) is 2.48. The molecule has 0 atom stereocenters. The Morgan fingerprint density at radius 1 is 1.19 bits per heavy atom. The van der Waals surface area contributed by atoms with Crippen LogP contribution in [0.2, 0.25) is 0 Å². The number of benzene rings is 1. The Balaban J connectivity index is 1.88. The third kappa shape index (κ3) is 3.03. The summed E-state index contributed by atoms with van der Waals surface area (Å²) in [5.74, 6) is 1.02. The summed E-state index contributed by atoms with van der Waals surface area (Å²) in [4.78, 5) is 16.3. The van der Waals surface area contributed by atoms with Gasteiger partial charge in [-0.05, 0) is 44.0 Å². The van der Waals surface area contributed by atoms with Crippen LogP contribution >= 0.6 is 31.9 Å². The Morgan fingerprint density at radius 2 is 1.90 bits per heavy atom. The minimum absolute atomic E-state index is 0.257. The summed E-state index contributed by atoms with van der Waals surface area (Å²) in [6.45, 7) is 1.02. The van der Waals surface area contributed by atoms with Gasteiger partial charge in [-0.1, -0.05) is 0 Å². The zero-order valence-electron chi connectivity index (χ0n) is 10.7. The number of pyridine rings is 1. The number of nitrogens with one attached hydrogen (secondary N) is 1. The van der Waals surface area contributed by atoms with E-state index in [4.69, 9.17) is 9.47 Å². The number of rotatable bonds is 2. The topological polar surface area (TPSA) is 60.5 Å². The van der Waals surface area contributed by atoms with Crippen LogP contribution in [0, 0.1) is 0 Å². The van der Waals surface area contributed by atoms with Crippen LogP contribution in [-0.4, -0.2) is 24.1 Å². The second-order valence-corrected chi connectivity index (χ2v) is 5.88. The van der Waals surface area contributed by atoms with Crippen molar-refractivity contribution in [3.63, 3.8) is 0 Å². The maximum atomic E-state index is 12.3. The average molecular weight is 414 g/mol. The van der Waals surface area contributed by atoms with Crippen molar-refractivity contribution in [2.24, 2.45) is 0 Å². The summed E-state index contributed by atoms with van der Waals surface area (Å²) in [5, 5.41) is 2.83. The van der Waals surface area contributed by atoms with E-state index in [2.05, 4.69) is 42.2 Å². The van der Waals surface area contributed by atoms with Gasteiger partial charge in [0.1, 0.15) is 17.8 Å². The summed E-state index contributed by atoms with van der Waals surface area (Å²) < 4.78 is 12.2. The van der Waals surface area contributed by atoms with Gasteiger partial charge in [0.15, 0.2) is 11.5 Å². The fourth-order valence-electron chi connectivity index (χ4n) is 1.90. The molecule has 0 spiro atoms. The van der Waals surface area contributed by atoms with Crippen molar-refractivity contribution < 1.29 is 14.3 Å². The molecule has 0 radical (unpaired) electrons. The van der Waals surface area contributed by atoms with E-state index in [0.29, 0.717) is 40.6 Å². The fraction of sp³-hybridized carbons (Fsp3) is 0.143. The molecular weight excluding hydrogens is 404 g/mol. The standard InChI is InChI=1S/C14H10Br2N2O3/c15-9-6-11-12(21-5-4-20-11)7-10(9)18-14(19)8-2-1-3-17-13(8)16/h1-3,6-7H,4-5H2,(H,18,19). The Kier molecular flexibility index (Phi) is 4.12. The summed E-state index contributed by atoms with van der Waals surface area (Å²) >= 11 is 6.68. The van der Waals surface area contributed by atoms with Crippen molar-refractivity contribution in [3.8, 4) is 11.5 Å². The van der Waals surface area contributed by atoms with Gasteiger partial charge in [-0.25, -0.2) is 4.98 Å². The zero-order chi connectivity index (χ0) is 14.8. The number of fused-ring (bicyclic) bond motifs is 1. The van der Waals surface area contributed by atoms with Crippen LogP contribution in [0.15, 0.2) is 39.5 Å². The molecule has 0 saturated carbocycles. The van der Waals surface area contributed by atoms with E-state index in [1.165, 1.54) is 0 Å². The molecule has 1 aliphatic rings. The monoisotopic (exact) mass is 412 g/mol. The van der Waals surface area contributed by atoms with Gasteiger partial charge in [-0.2, -0.15) is 0 Å². The van der Waals surface area contributed by atoms with Crippen LogP contribution in [0.5, 0.6) is 11.5 Å². The summed E-state index contributed by atoms with van der Waals surface area (Å²) in [6.07, 6.45) is 1.61. The van der Waals surface area contributed by atoms with Crippen LogP contribution in [0.3, 0.4) is 0 Å². The van der Waals surface area contributed by atoms with Crippen molar-refractivity contribution in [3.05, 3.63) is 45.1 Å². The summed E-state index contributed by atoms with van der Waals surface area (Å²) in [6, 6.07) is 6.92. The van der Waals surface area contributed by atoms with Gasteiger partial charge < -0.3 is 14.8 Å². The predicted octanol–water partition coefficient (Wildman–Crippen LogP) is 3.63. The fourth-order valence-corrected chi connectivity index (χ4v) is 2.76. The highest BCUT2D eigenvalue weighted by atomic mass is 79.9. The third-order valence-corrected chi connectivity index (χ3v) is 4.17. The molecule has 0 aliphatic carbocycles. The second kappa shape index (κ2) is 6.03. The van der Waals surface area contributed by atoms with Crippen LogP contribution < -0.4 is 14.8 Å². The molecule has 0 fully saturated rings. The Hall–Kier alpha value is -1.60. The molecule has 2 aromatic rings. The molecule has 1 N–H and O–H groups in total. The van der Waals surface area contributed by atoms with Gasteiger partial charge in [0, 0.05) is 22.8 Å². The van der Waals surface area contributed by atoms with Crippen LogP contribution in [0.25, 0.3) is 0 Å². The normalized spacial score (nSPS) is 12.9. The SMILES string of the molecule is O=C(Nc1cc2c(cc1Br)OCCO2)c1cccnc1Br. The molecule has 5 nitrogen and oxygen atoms in total. The van der Waals surface area contributed by atoms with Gasteiger partial charge in [-0.3, -0.25) is 4.79 Å². The van der Waals surface area contributed by atoms with E-state index in [1.807, 2.05) is 0 Å². The molecule has 1 amide bonds. The molecule has 1 aliphatic heterocycles. The number of amides is 1. The first-order valence-electron chi connectivity index (χ1n) is 6.16. The number of ether oxygens (including phenoxy) is 2. The number of halogens is 2. The largest absolute Gasteiger partial charge is 0.486 e. The minimum atomic E-state index is -0.257. The lowest BCUT2D eigenvalue weighted by molar-refractivity contribution is 0.102. The van der Waals surface area contributed by atoms with Crippen LogP contribution in [-0.2, 0) is 0 Å². The van der Waals surface area contributed by atoms with E-state index < -0.39 is 0 Å². The number of carbonyl (C=O) groups excluding carboxylic acids is 1. The Morgan fingerprint density at radius 3 is 2.62 bits per heavy atom. The lowest BCUT2D eigenvalue weighted by Crippen LogP contribution is -2.17. The van der Waals surface area contributed by atoms with Crippen molar-refractivity contribution in [1.29, 1.82) is 0 Å². The quantitative estimate of drug-likeness (QED) is 0.763. The first-order chi connectivity index (χ1) is 10.1. The van der Waals surface area contributed by atoms with Crippen molar-refractivity contribution in [1.82, 2.24) is 4.98 Å². The summed E-state index contributed by atoms with van der Waals surface area (Å²) in [5.41, 5.74) is 1.07. The number of aromatic nitrogens is 1. The minimum Gasteiger partial charge on any atom is -0.486 e. The van der Waals surface area contributed by atoms with Gasteiger partial charge in [0.2, 0.25) is 0 Å². The van der Waals surface area contributed by atoms with E-state index in [9.17, 15) is 4.79 Å². The second-order valence-electron chi connectivity index (χ2n) is 4.27. The molecule has 1 aromatic carbocycles. The van der Waals surface area contributed by atoms with Crippen LogP contribution in [0.1, 0.15) is 10.4 Å². The number of carbonyl (C=O) groups is 1. The van der Waals surface area contributed by atoms with Crippen molar-refractivity contribution in [2.45, 2.75) is 0 Å². The van der Waals surface area contributed by atoms with E-state index >= 15 is 0 Å². The first-order valence-corrected chi connectivity index (χ1v) is 7.75. The Bertz CT molecular complexity index is 707. The molecule has 0 saturated heterocycles. The molecular formula is C14H10Br2N2O3. The third-order valence-electron chi connectivity index (χ3n) is 2.88. The Labute approximate surface area is 137 Å². The maximum Gasteiger partial charge on any atom is 0.258 e. The molecule has 3 rings (SSSR count). The van der Waals surface area contributed by atoms with Crippen LogP contribution in [0.4, 0.5) is 5.69 Å². The lowest BCUT2D eigenvalue weighted by Gasteiger charge is -2.20. The number of hydrogen-bond acceptors (Lipinski definition) is 4. The van der Waals surface area contributed by atoms with E-state index in [0.717, 1.165) is 4.47 Å². The number of hydrogen-bond donors (Lipinski definition) is 1. The molecule has 0 bridgehead atoms. The molecule has 21 heavy (non-hydrogen) atoms. The number of nitrogens with zero attached hydrogens (tertiary/aromatic N) is 1. The van der Waals surface area contributed by atoms with Crippen molar-refractivity contribution in [2.75, 3.05) is 18.5 Å². The van der Waals surface area contributed by atoms with Gasteiger partial charge in [-0.15, -0.1) is 0 Å². The van der Waals surface area contributed by atoms with Crippen molar-refractivity contribution >= 4 is 43.5 Å². The molecule has 1 aromatic heterocycles. The molecule has 0 unspecified atom stereocenters. The van der Waals surface area contributed by atoms with E-state index in [1.54, 1.807) is 30.5 Å². The van der Waals surface area contributed by atoms with Gasteiger partial charge in [0.25, 0.3) is 5.91 Å².